The summed E-state index contributed by atoms with van der Waals surface area (Å²) < 4.78 is 14.1. The number of ketones is 1. The van der Waals surface area contributed by atoms with Crippen LogP contribution in [-0.4, -0.2) is 20.7 Å². The molecule has 2 aromatic heterocycles. The molecule has 0 spiro atoms. The van der Waals surface area contributed by atoms with Crippen LogP contribution in [0.25, 0.3) is 11.4 Å². The van der Waals surface area contributed by atoms with Crippen molar-refractivity contribution in [2.45, 2.75) is 0 Å². The molecule has 0 saturated heterocycles. The predicted molar refractivity (Wildman–Crippen MR) is 71.7 cm³/mol. The minimum atomic E-state index is -0.588. The first-order valence-electron chi connectivity index (χ1n) is 6.01. The predicted octanol–water partition coefficient (Wildman–Crippen LogP) is 2.84. The number of halogens is 1. The smallest absolute Gasteiger partial charge is 0.212 e. The molecule has 0 radical (unpaired) electrons. The molecule has 3 aromatic rings. The Morgan fingerprint density at radius 2 is 1.85 bits per heavy atom. The van der Waals surface area contributed by atoms with Crippen molar-refractivity contribution in [2.75, 3.05) is 0 Å². The van der Waals surface area contributed by atoms with Crippen molar-refractivity contribution >= 4 is 5.78 Å². The molecule has 0 atom stereocenters. The molecule has 2 heterocycles. The second-order valence-electron chi connectivity index (χ2n) is 4.15. The molecule has 0 bridgehead atoms. The van der Waals surface area contributed by atoms with Gasteiger partial charge in [-0.05, 0) is 24.3 Å². The zero-order valence-electron chi connectivity index (χ0n) is 10.4. The van der Waals surface area contributed by atoms with E-state index in [-0.39, 0.29) is 5.56 Å². The van der Waals surface area contributed by atoms with E-state index in [2.05, 4.69) is 15.0 Å². The van der Waals surface area contributed by atoms with Crippen molar-refractivity contribution in [3.8, 4) is 11.4 Å². The molecule has 0 amide bonds. The number of rotatable bonds is 3. The normalized spacial score (nSPS) is 10.4. The second kappa shape index (κ2) is 5.05. The zero-order chi connectivity index (χ0) is 13.9. The molecule has 4 nitrogen and oxygen atoms in total. The Hall–Kier alpha value is -2.82. The van der Waals surface area contributed by atoms with E-state index in [1.807, 2.05) is 0 Å². The summed E-state index contributed by atoms with van der Waals surface area (Å²) >= 11 is 0. The van der Waals surface area contributed by atoms with Gasteiger partial charge in [0.15, 0.2) is 5.82 Å². The van der Waals surface area contributed by atoms with Crippen LogP contribution in [0.1, 0.15) is 16.1 Å². The van der Waals surface area contributed by atoms with Crippen LogP contribution < -0.4 is 0 Å². The Bertz CT molecular complexity index is 739. The van der Waals surface area contributed by atoms with Crippen molar-refractivity contribution in [2.24, 2.45) is 0 Å². The highest BCUT2D eigenvalue weighted by Crippen LogP contribution is 2.24. The van der Waals surface area contributed by atoms with E-state index in [0.29, 0.717) is 17.1 Å². The molecule has 0 saturated carbocycles. The molecule has 0 unspecified atom stereocenters. The lowest BCUT2D eigenvalue weighted by atomic mass is 10.0. The summed E-state index contributed by atoms with van der Waals surface area (Å²) in [5.74, 6) is -0.688. The summed E-state index contributed by atoms with van der Waals surface area (Å²) in [6.45, 7) is 0. The quantitative estimate of drug-likeness (QED) is 0.742. The number of H-pyrrole nitrogens is 1. The summed E-state index contributed by atoms with van der Waals surface area (Å²) in [4.78, 5) is 23.3. The van der Waals surface area contributed by atoms with E-state index in [1.165, 1.54) is 12.1 Å². The fourth-order valence-electron chi connectivity index (χ4n) is 1.99. The van der Waals surface area contributed by atoms with Gasteiger partial charge >= 0.3 is 0 Å². The number of nitrogens with zero attached hydrogens (tertiary/aromatic N) is 2. The number of hydrogen-bond donors (Lipinski definition) is 1. The van der Waals surface area contributed by atoms with Crippen LogP contribution >= 0.6 is 0 Å². The molecule has 0 aliphatic heterocycles. The monoisotopic (exact) mass is 267 g/mol. The van der Waals surface area contributed by atoms with Crippen LogP contribution in [0.2, 0.25) is 0 Å². The molecule has 1 aromatic carbocycles. The van der Waals surface area contributed by atoms with Crippen molar-refractivity contribution in [3.63, 3.8) is 0 Å². The zero-order valence-corrected chi connectivity index (χ0v) is 10.4. The fourth-order valence-corrected chi connectivity index (χ4v) is 1.99. The Labute approximate surface area is 114 Å². The van der Waals surface area contributed by atoms with E-state index in [4.69, 9.17) is 0 Å². The average Bonchev–Trinajstić information content (AvgIpc) is 3.01. The maximum Gasteiger partial charge on any atom is 0.212 e. The number of carbonyl (C=O) groups excluding carboxylic acids is 1. The molecular formula is C15H10FN3O. The second-order valence-corrected chi connectivity index (χ2v) is 4.15. The van der Waals surface area contributed by atoms with E-state index in [0.717, 1.165) is 0 Å². The molecule has 0 aliphatic rings. The van der Waals surface area contributed by atoms with Gasteiger partial charge in [-0.25, -0.2) is 14.4 Å². The Morgan fingerprint density at radius 1 is 1.05 bits per heavy atom. The van der Waals surface area contributed by atoms with Crippen molar-refractivity contribution in [1.29, 1.82) is 0 Å². The van der Waals surface area contributed by atoms with Gasteiger partial charge in [-0.2, -0.15) is 0 Å². The first-order chi connectivity index (χ1) is 9.77. The third-order valence-corrected chi connectivity index (χ3v) is 2.89. The summed E-state index contributed by atoms with van der Waals surface area (Å²) in [7, 11) is 0. The maximum atomic E-state index is 14.1. The van der Waals surface area contributed by atoms with Gasteiger partial charge in [0.05, 0.1) is 11.3 Å². The van der Waals surface area contributed by atoms with Crippen LogP contribution in [-0.2, 0) is 0 Å². The van der Waals surface area contributed by atoms with E-state index < -0.39 is 11.6 Å². The highest BCUT2D eigenvalue weighted by Gasteiger charge is 2.20. The van der Waals surface area contributed by atoms with Crippen molar-refractivity contribution in [1.82, 2.24) is 15.0 Å². The molecule has 20 heavy (non-hydrogen) atoms. The highest BCUT2D eigenvalue weighted by atomic mass is 19.1. The topological polar surface area (TPSA) is 58.6 Å². The van der Waals surface area contributed by atoms with Crippen LogP contribution in [0, 0.1) is 5.82 Å². The van der Waals surface area contributed by atoms with Crippen molar-refractivity contribution in [3.05, 3.63) is 72.1 Å². The van der Waals surface area contributed by atoms with E-state index >= 15 is 0 Å². The molecule has 0 fully saturated rings. The van der Waals surface area contributed by atoms with Gasteiger partial charge in [-0.1, -0.05) is 12.1 Å². The summed E-state index contributed by atoms with van der Waals surface area (Å²) in [5.41, 5.74) is 0.679. The summed E-state index contributed by atoms with van der Waals surface area (Å²) in [6, 6.07) is 9.37. The molecule has 3 rings (SSSR count). The third-order valence-electron chi connectivity index (χ3n) is 2.89. The molecular weight excluding hydrogens is 257 g/mol. The van der Waals surface area contributed by atoms with Crippen LogP contribution in [0.4, 0.5) is 4.39 Å². The standard InChI is InChI=1S/C15H10FN3O/c16-11-5-1-4-10(15-18-8-3-9-19-15)13(11)14(20)12-6-2-7-17-12/h1-9,17H. The first kappa shape index (κ1) is 12.2. The molecule has 0 aliphatic carbocycles. The van der Waals surface area contributed by atoms with Gasteiger partial charge in [-0.3, -0.25) is 4.79 Å². The lowest BCUT2D eigenvalue weighted by Gasteiger charge is -2.07. The van der Waals surface area contributed by atoms with Crippen molar-refractivity contribution < 1.29 is 9.18 Å². The minimum absolute atomic E-state index is 0.0267. The van der Waals surface area contributed by atoms with Gasteiger partial charge in [0, 0.05) is 24.2 Å². The van der Waals surface area contributed by atoms with Gasteiger partial charge < -0.3 is 4.98 Å². The number of carbonyl (C=O) groups is 1. The van der Waals surface area contributed by atoms with E-state index in [1.54, 1.807) is 42.9 Å². The van der Waals surface area contributed by atoms with Crippen LogP contribution in [0.15, 0.2) is 55.0 Å². The van der Waals surface area contributed by atoms with Crippen LogP contribution in [0.3, 0.4) is 0 Å². The highest BCUT2D eigenvalue weighted by molar-refractivity contribution is 6.11. The SMILES string of the molecule is O=C(c1ccc[nH]1)c1c(F)cccc1-c1ncccn1. The number of benzene rings is 1. The molecule has 1 N–H and O–H groups in total. The number of aromatic amines is 1. The average molecular weight is 267 g/mol. The Morgan fingerprint density at radius 3 is 2.55 bits per heavy atom. The summed E-state index contributed by atoms with van der Waals surface area (Å²) in [6.07, 6.45) is 4.72. The molecule has 98 valence electrons. The van der Waals surface area contributed by atoms with Gasteiger partial charge in [-0.15, -0.1) is 0 Å². The minimum Gasteiger partial charge on any atom is -0.359 e. The fraction of sp³-hybridized carbons (Fsp3) is 0. The lowest BCUT2D eigenvalue weighted by Crippen LogP contribution is -2.08. The van der Waals surface area contributed by atoms with Gasteiger partial charge in [0.25, 0.3) is 0 Å². The maximum absolute atomic E-state index is 14.1. The van der Waals surface area contributed by atoms with Crippen LogP contribution in [0.5, 0.6) is 0 Å². The number of hydrogen-bond acceptors (Lipinski definition) is 3. The molecule has 5 heteroatoms. The Kier molecular flexibility index (Phi) is 3.09. The first-order valence-corrected chi connectivity index (χ1v) is 6.01. The Balaban J connectivity index is 2.18. The number of aromatic nitrogens is 3. The summed E-state index contributed by atoms with van der Waals surface area (Å²) in [5, 5.41) is 0. The lowest BCUT2D eigenvalue weighted by molar-refractivity contribution is 0.103. The van der Waals surface area contributed by atoms with Gasteiger partial charge in [0.1, 0.15) is 5.82 Å². The third kappa shape index (κ3) is 2.09. The number of nitrogens with one attached hydrogen (secondary N) is 1. The largest absolute Gasteiger partial charge is 0.359 e. The van der Waals surface area contributed by atoms with E-state index in [9.17, 15) is 9.18 Å². The van der Waals surface area contributed by atoms with Gasteiger partial charge in [0.2, 0.25) is 5.78 Å².